The lowest BCUT2D eigenvalue weighted by molar-refractivity contribution is 0.482. The molecule has 94 valence electrons. The predicted octanol–water partition coefficient (Wildman–Crippen LogP) is 4.54. The van der Waals surface area contributed by atoms with Gasteiger partial charge >= 0.3 is 0 Å². The van der Waals surface area contributed by atoms with E-state index in [1.165, 1.54) is 0 Å². The molecular formula is C15H16ClNO. The topological polar surface area (TPSA) is 35.2 Å². The van der Waals surface area contributed by atoms with Crippen LogP contribution in [0, 0.1) is 0 Å². The summed E-state index contributed by atoms with van der Waals surface area (Å²) < 4.78 is 5.70. The Kier molecular flexibility index (Phi) is 4.24. The van der Waals surface area contributed by atoms with Crippen molar-refractivity contribution in [1.82, 2.24) is 0 Å². The second-order valence-electron chi connectivity index (χ2n) is 4.12. The summed E-state index contributed by atoms with van der Waals surface area (Å²) in [5.41, 5.74) is 7.07. The Labute approximate surface area is 112 Å². The molecule has 2 aromatic carbocycles. The number of hydrogen-bond acceptors (Lipinski definition) is 2. The fourth-order valence-corrected chi connectivity index (χ4v) is 1.85. The highest BCUT2D eigenvalue weighted by Crippen LogP contribution is 2.29. The van der Waals surface area contributed by atoms with Gasteiger partial charge in [0.25, 0.3) is 0 Å². The Hall–Kier alpha value is -1.51. The van der Waals surface area contributed by atoms with E-state index in [-0.39, 0.29) is 6.04 Å². The third-order valence-corrected chi connectivity index (χ3v) is 3.12. The first-order valence-electron chi connectivity index (χ1n) is 5.98. The maximum Gasteiger partial charge on any atom is 0.146 e. The smallest absolute Gasteiger partial charge is 0.146 e. The van der Waals surface area contributed by atoms with Gasteiger partial charge in [-0.05, 0) is 36.2 Å². The molecule has 0 aromatic heterocycles. The molecule has 0 spiro atoms. The zero-order valence-corrected chi connectivity index (χ0v) is 11.0. The molecule has 1 atom stereocenters. The van der Waals surface area contributed by atoms with E-state index < -0.39 is 0 Å². The summed E-state index contributed by atoms with van der Waals surface area (Å²) in [7, 11) is 0. The van der Waals surface area contributed by atoms with Gasteiger partial charge in [0.15, 0.2) is 0 Å². The molecule has 0 heterocycles. The van der Waals surface area contributed by atoms with E-state index in [1.54, 1.807) is 6.07 Å². The van der Waals surface area contributed by atoms with Crippen molar-refractivity contribution in [2.24, 2.45) is 5.73 Å². The minimum atomic E-state index is 0.0827. The van der Waals surface area contributed by atoms with Crippen LogP contribution in [0.15, 0.2) is 48.5 Å². The average Bonchev–Trinajstić information content (AvgIpc) is 2.41. The van der Waals surface area contributed by atoms with Gasteiger partial charge in [-0.3, -0.25) is 0 Å². The molecule has 0 fully saturated rings. The fourth-order valence-electron chi connectivity index (χ4n) is 1.67. The van der Waals surface area contributed by atoms with E-state index >= 15 is 0 Å². The number of ether oxygens (including phenoxy) is 1. The third kappa shape index (κ3) is 3.03. The molecule has 0 radical (unpaired) electrons. The maximum atomic E-state index is 6.03. The summed E-state index contributed by atoms with van der Waals surface area (Å²) in [6, 6.07) is 15.3. The van der Waals surface area contributed by atoms with Gasteiger partial charge in [-0.2, -0.15) is 0 Å². The van der Waals surface area contributed by atoms with Crippen molar-refractivity contribution < 1.29 is 4.74 Å². The Balaban J connectivity index is 2.14. The number of nitrogens with two attached hydrogens (primary N) is 1. The normalized spacial score (nSPS) is 12.2. The monoisotopic (exact) mass is 261 g/mol. The molecule has 0 bridgehead atoms. The van der Waals surface area contributed by atoms with Crippen molar-refractivity contribution in [3.8, 4) is 11.5 Å². The lowest BCUT2D eigenvalue weighted by Gasteiger charge is -2.11. The molecule has 0 unspecified atom stereocenters. The molecule has 2 aromatic rings. The zero-order chi connectivity index (χ0) is 13.0. The predicted molar refractivity (Wildman–Crippen MR) is 75.2 cm³/mol. The highest BCUT2D eigenvalue weighted by molar-refractivity contribution is 6.32. The molecule has 3 heteroatoms. The van der Waals surface area contributed by atoms with E-state index in [2.05, 4.69) is 6.92 Å². The van der Waals surface area contributed by atoms with Gasteiger partial charge in [-0.15, -0.1) is 0 Å². The first-order chi connectivity index (χ1) is 8.70. The second-order valence-corrected chi connectivity index (χ2v) is 4.52. The molecule has 2 nitrogen and oxygen atoms in total. The van der Waals surface area contributed by atoms with Crippen molar-refractivity contribution in [1.29, 1.82) is 0 Å². The van der Waals surface area contributed by atoms with E-state index in [4.69, 9.17) is 22.1 Å². The molecule has 0 aliphatic carbocycles. The van der Waals surface area contributed by atoms with Crippen molar-refractivity contribution in [3.05, 3.63) is 59.1 Å². The van der Waals surface area contributed by atoms with Crippen LogP contribution in [0.5, 0.6) is 11.5 Å². The molecular weight excluding hydrogens is 246 g/mol. The molecule has 0 saturated heterocycles. The van der Waals surface area contributed by atoms with Gasteiger partial charge < -0.3 is 10.5 Å². The summed E-state index contributed by atoms with van der Waals surface area (Å²) in [5.74, 6) is 1.42. The van der Waals surface area contributed by atoms with Gasteiger partial charge in [0.2, 0.25) is 0 Å². The first-order valence-corrected chi connectivity index (χ1v) is 6.36. The van der Waals surface area contributed by atoms with Gasteiger partial charge in [-0.25, -0.2) is 0 Å². The van der Waals surface area contributed by atoms with E-state index in [9.17, 15) is 0 Å². The van der Waals surface area contributed by atoms with Crippen LogP contribution < -0.4 is 10.5 Å². The van der Waals surface area contributed by atoms with Crippen LogP contribution in [0.3, 0.4) is 0 Å². The number of halogens is 1. The quantitative estimate of drug-likeness (QED) is 0.877. The van der Waals surface area contributed by atoms with Gasteiger partial charge in [-0.1, -0.05) is 42.8 Å². The molecule has 2 N–H and O–H groups in total. The van der Waals surface area contributed by atoms with Crippen LogP contribution in [-0.2, 0) is 0 Å². The third-order valence-electron chi connectivity index (χ3n) is 2.81. The van der Waals surface area contributed by atoms with Crippen LogP contribution in [0.4, 0.5) is 0 Å². The minimum absolute atomic E-state index is 0.0827. The van der Waals surface area contributed by atoms with Gasteiger partial charge in [0.1, 0.15) is 11.5 Å². The Morgan fingerprint density at radius 3 is 2.39 bits per heavy atom. The zero-order valence-electron chi connectivity index (χ0n) is 10.3. The first kappa shape index (κ1) is 12.9. The van der Waals surface area contributed by atoms with E-state index in [0.29, 0.717) is 10.8 Å². The molecule has 2 rings (SSSR count). The Bertz CT molecular complexity index is 510. The van der Waals surface area contributed by atoms with Crippen LogP contribution in [0.25, 0.3) is 0 Å². The fraction of sp³-hybridized carbons (Fsp3) is 0.200. The van der Waals surface area contributed by atoms with E-state index in [1.807, 2.05) is 42.5 Å². The average molecular weight is 262 g/mol. The summed E-state index contributed by atoms with van der Waals surface area (Å²) in [6.07, 6.45) is 0.921. The lowest BCUT2D eigenvalue weighted by atomic mass is 10.1. The van der Waals surface area contributed by atoms with Crippen LogP contribution in [0.2, 0.25) is 5.02 Å². The molecule has 0 saturated carbocycles. The van der Waals surface area contributed by atoms with E-state index in [0.717, 1.165) is 17.7 Å². The Morgan fingerprint density at radius 1 is 1.11 bits per heavy atom. The molecule has 0 aliphatic heterocycles. The summed E-state index contributed by atoms with van der Waals surface area (Å²) >= 11 is 6.03. The van der Waals surface area contributed by atoms with Gasteiger partial charge in [0.05, 0.1) is 5.02 Å². The minimum Gasteiger partial charge on any atom is -0.456 e. The molecule has 0 amide bonds. The number of para-hydroxylation sites is 1. The highest BCUT2D eigenvalue weighted by atomic mass is 35.5. The number of rotatable bonds is 4. The van der Waals surface area contributed by atoms with Crippen LogP contribution in [-0.4, -0.2) is 0 Å². The SMILES string of the molecule is CC[C@@H](N)c1ccc(Oc2ccccc2Cl)cc1. The van der Waals surface area contributed by atoms with Crippen LogP contribution >= 0.6 is 11.6 Å². The second kappa shape index (κ2) is 5.89. The lowest BCUT2D eigenvalue weighted by Crippen LogP contribution is -2.07. The largest absolute Gasteiger partial charge is 0.456 e. The van der Waals surface area contributed by atoms with Crippen molar-refractivity contribution >= 4 is 11.6 Å². The van der Waals surface area contributed by atoms with Crippen molar-refractivity contribution in [2.45, 2.75) is 19.4 Å². The molecule has 0 aliphatic rings. The van der Waals surface area contributed by atoms with Gasteiger partial charge in [0, 0.05) is 6.04 Å². The summed E-state index contributed by atoms with van der Waals surface area (Å²) in [5, 5.41) is 0.604. The van der Waals surface area contributed by atoms with Crippen LogP contribution in [0.1, 0.15) is 24.9 Å². The highest BCUT2D eigenvalue weighted by Gasteiger charge is 2.05. The number of benzene rings is 2. The van der Waals surface area contributed by atoms with Crippen molar-refractivity contribution in [2.75, 3.05) is 0 Å². The summed E-state index contributed by atoms with van der Waals surface area (Å²) in [6.45, 7) is 2.07. The van der Waals surface area contributed by atoms with Crippen molar-refractivity contribution in [3.63, 3.8) is 0 Å². The number of hydrogen-bond donors (Lipinski definition) is 1. The Morgan fingerprint density at radius 2 is 1.78 bits per heavy atom. The maximum absolute atomic E-state index is 6.03. The summed E-state index contributed by atoms with van der Waals surface area (Å²) in [4.78, 5) is 0. The molecule has 18 heavy (non-hydrogen) atoms. The standard InChI is InChI=1S/C15H16ClNO/c1-2-14(17)11-7-9-12(10-8-11)18-15-6-4-3-5-13(15)16/h3-10,14H,2,17H2,1H3/t14-/m1/s1.